The second kappa shape index (κ2) is 6.65. The van der Waals surface area contributed by atoms with E-state index in [-0.39, 0.29) is 9.72 Å². The van der Waals surface area contributed by atoms with Gasteiger partial charge < -0.3 is 4.74 Å². The maximum absolute atomic E-state index is 12.1. The smallest absolute Gasteiger partial charge is 0.244 e. The van der Waals surface area contributed by atoms with Crippen LogP contribution in [0.2, 0.25) is 0 Å². The molecular weight excluding hydrogens is 322 g/mol. The van der Waals surface area contributed by atoms with Crippen molar-refractivity contribution in [2.24, 2.45) is 0 Å². The van der Waals surface area contributed by atoms with Crippen LogP contribution in [0.1, 0.15) is 17.8 Å². The molecule has 1 rings (SSSR count). The van der Waals surface area contributed by atoms with Gasteiger partial charge in [0.1, 0.15) is 4.90 Å². The van der Waals surface area contributed by atoms with Crippen molar-refractivity contribution in [3.05, 3.63) is 11.4 Å². The van der Waals surface area contributed by atoms with Crippen LogP contribution in [0.3, 0.4) is 0 Å². The lowest BCUT2D eigenvalue weighted by atomic mass is 10.3. The highest BCUT2D eigenvalue weighted by Gasteiger charge is 2.21. The van der Waals surface area contributed by atoms with Crippen molar-refractivity contribution < 1.29 is 13.2 Å². The van der Waals surface area contributed by atoms with Crippen LogP contribution < -0.4 is 4.72 Å². The number of aromatic nitrogens is 2. The molecule has 0 saturated heterocycles. The average Bonchev–Trinajstić information content (AvgIpc) is 2.59. The first-order chi connectivity index (χ1) is 8.38. The van der Waals surface area contributed by atoms with Crippen LogP contribution in [-0.4, -0.2) is 43.7 Å². The third-order valence-electron chi connectivity index (χ3n) is 2.43. The fraction of sp³-hybridized carbons (Fsp3) is 0.700. The Kier molecular flexibility index (Phi) is 5.77. The van der Waals surface area contributed by atoms with E-state index >= 15 is 0 Å². The van der Waals surface area contributed by atoms with E-state index in [2.05, 4.69) is 30.8 Å². The van der Waals surface area contributed by atoms with Gasteiger partial charge in [0.2, 0.25) is 10.0 Å². The number of hydrogen-bond acceptors (Lipinski definition) is 4. The highest BCUT2D eigenvalue weighted by atomic mass is 79.9. The van der Waals surface area contributed by atoms with Crippen LogP contribution in [0.5, 0.6) is 0 Å². The number of sulfonamides is 1. The Morgan fingerprint density at radius 3 is 2.67 bits per heavy atom. The van der Waals surface area contributed by atoms with E-state index in [0.29, 0.717) is 31.0 Å². The molecule has 18 heavy (non-hydrogen) atoms. The molecule has 2 N–H and O–H groups in total. The van der Waals surface area contributed by atoms with Gasteiger partial charge in [-0.1, -0.05) is 15.9 Å². The molecule has 0 aromatic carbocycles. The molecule has 1 unspecified atom stereocenters. The lowest BCUT2D eigenvalue weighted by Gasteiger charge is -2.10. The summed E-state index contributed by atoms with van der Waals surface area (Å²) >= 11 is 3.41. The van der Waals surface area contributed by atoms with Crippen LogP contribution in [0.25, 0.3) is 0 Å². The number of aromatic amines is 1. The molecule has 1 aromatic heterocycles. The molecule has 1 atom stereocenters. The second-order valence-corrected chi connectivity index (χ2v) is 7.00. The maximum atomic E-state index is 12.1. The zero-order valence-corrected chi connectivity index (χ0v) is 13.1. The number of methoxy groups -OCH3 is 1. The summed E-state index contributed by atoms with van der Waals surface area (Å²) in [6.07, 6.45) is 0.656. The standard InChI is InChI=1S/C10H18BrN3O3S/c1-7-10(8(2)14-13-7)18(15,16)12-5-4-9(11)6-17-3/h9,12H,4-6H2,1-3H3,(H,13,14). The van der Waals surface area contributed by atoms with Crippen molar-refractivity contribution >= 4 is 26.0 Å². The fourth-order valence-corrected chi connectivity index (χ4v) is 3.53. The summed E-state index contributed by atoms with van der Waals surface area (Å²) in [7, 11) is -1.89. The normalized spacial score (nSPS) is 13.8. The zero-order chi connectivity index (χ0) is 13.8. The van der Waals surface area contributed by atoms with Gasteiger partial charge in [0.15, 0.2) is 0 Å². The number of nitrogens with one attached hydrogen (secondary N) is 2. The van der Waals surface area contributed by atoms with E-state index in [0.717, 1.165) is 0 Å². The largest absolute Gasteiger partial charge is 0.384 e. The minimum atomic E-state index is -3.49. The van der Waals surface area contributed by atoms with Crippen LogP contribution >= 0.6 is 15.9 Å². The molecule has 0 aliphatic heterocycles. The first-order valence-corrected chi connectivity index (χ1v) is 7.92. The number of H-pyrrole nitrogens is 1. The van der Waals surface area contributed by atoms with Gasteiger partial charge >= 0.3 is 0 Å². The number of halogens is 1. The predicted molar refractivity (Wildman–Crippen MR) is 72.5 cm³/mol. The quantitative estimate of drug-likeness (QED) is 0.728. The Morgan fingerprint density at radius 2 is 2.17 bits per heavy atom. The Balaban J connectivity index is 2.61. The summed E-state index contributed by atoms with van der Waals surface area (Å²) in [5.74, 6) is 0. The summed E-state index contributed by atoms with van der Waals surface area (Å²) in [4.78, 5) is 0.372. The second-order valence-electron chi connectivity index (χ2n) is 4.00. The molecule has 0 amide bonds. The van der Waals surface area contributed by atoms with E-state index in [4.69, 9.17) is 4.74 Å². The minimum Gasteiger partial charge on any atom is -0.384 e. The molecule has 0 spiro atoms. The third kappa shape index (κ3) is 4.04. The lowest BCUT2D eigenvalue weighted by molar-refractivity contribution is 0.199. The predicted octanol–water partition coefficient (Wildman–Crippen LogP) is 1.10. The summed E-state index contributed by atoms with van der Waals surface area (Å²) < 4.78 is 31.6. The van der Waals surface area contributed by atoms with Gasteiger partial charge in [0.05, 0.1) is 18.0 Å². The molecule has 0 aliphatic rings. The van der Waals surface area contributed by atoms with Gasteiger partial charge in [-0.05, 0) is 20.3 Å². The van der Waals surface area contributed by atoms with Gasteiger partial charge in [0.25, 0.3) is 0 Å². The molecule has 8 heteroatoms. The minimum absolute atomic E-state index is 0.136. The van der Waals surface area contributed by atoms with Crippen molar-refractivity contribution in [1.82, 2.24) is 14.9 Å². The van der Waals surface area contributed by atoms with E-state index < -0.39 is 10.0 Å². The van der Waals surface area contributed by atoms with Crippen molar-refractivity contribution in [3.63, 3.8) is 0 Å². The van der Waals surface area contributed by atoms with Gasteiger partial charge in [0, 0.05) is 18.5 Å². The van der Waals surface area contributed by atoms with Crippen molar-refractivity contribution in [2.45, 2.75) is 30.0 Å². The monoisotopic (exact) mass is 339 g/mol. The lowest BCUT2D eigenvalue weighted by Crippen LogP contribution is -2.27. The molecule has 1 heterocycles. The van der Waals surface area contributed by atoms with Crippen LogP contribution in [0.4, 0.5) is 0 Å². The van der Waals surface area contributed by atoms with E-state index in [1.165, 1.54) is 0 Å². The highest BCUT2D eigenvalue weighted by molar-refractivity contribution is 9.09. The van der Waals surface area contributed by atoms with Gasteiger partial charge in [-0.15, -0.1) is 0 Å². The topological polar surface area (TPSA) is 84.1 Å². The van der Waals surface area contributed by atoms with Crippen LogP contribution in [0, 0.1) is 13.8 Å². The number of ether oxygens (including phenoxy) is 1. The molecule has 0 aliphatic carbocycles. The highest BCUT2D eigenvalue weighted by Crippen LogP contribution is 2.16. The summed E-state index contributed by atoms with van der Waals surface area (Å²) in [5.41, 5.74) is 1.03. The van der Waals surface area contributed by atoms with Gasteiger partial charge in [-0.2, -0.15) is 5.10 Å². The fourth-order valence-electron chi connectivity index (χ4n) is 1.62. The molecule has 104 valence electrons. The molecule has 6 nitrogen and oxygen atoms in total. The molecule has 1 aromatic rings. The summed E-state index contributed by atoms with van der Waals surface area (Å²) in [6.45, 7) is 4.25. The Hall–Kier alpha value is -0.440. The Labute approximate surface area is 116 Å². The number of hydrogen-bond donors (Lipinski definition) is 2. The van der Waals surface area contributed by atoms with E-state index in [1.807, 2.05) is 0 Å². The van der Waals surface area contributed by atoms with E-state index in [9.17, 15) is 8.42 Å². The molecular formula is C10H18BrN3O3S. The number of rotatable bonds is 7. The van der Waals surface area contributed by atoms with Crippen LogP contribution in [0.15, 0.2) is 4.90 Å². The Morgan fingerprint density at radius 1 is 1.50 bits per heavy atom. The first kappa shape index (κ1) is 15.6. The maximum Gasteiger partial charge on any atom is 0.244 e. The molecule has 0 bridgehead atoms. The van der Waals surface area contributed by atoms with Crippen LogP contribution in [-0.2, 0) is 14.8 Å². The van der Waals surface area contributed by atoms with Crippen molar-refractivity contribution in [1.29, 1.82) is 0 Å². The number of nitrogens with zero attached hydrogens (tertiary/aromatic N) is 1. The van der Waals surface area contributed by atoms with Crippen molar-refractivity contribution in [2.75, 3.05) is 20.3 Å². The van der Waals surface area contributed by atoms with Crippen molar-refractivity contribution in [3.8, 4) is 0 Å². The van der Waals surface area contributed by atoms with Gasteiger partial charge in [-0.3, -0.25) is 5.10 Å². The number of alkyl halides is 1. The SMILES string of the molecule is COCC(Br)CCNS(=O)(=O)c1c(C)n[nH]c1C. The van der Waals surface area contributed by atoms with E-state index in [1.54, 1.807) is 21.0 Å². The third-order valence-corrected chi connectivity index (χ3v) is 4.87. The number of aryl methyl sites for hydroxylation is 2. The zero-order valence-electron chi connectivity index (χ0n) is 10.7. The first-order valence-electron chi connectivity index (χ1n) is 5.52. The molecule has 0 fully saturated rings. The summed E-state index contributed by atoms with van der Waals surface area (Å²) in [6, 6.07) is 0. The summed E-state index contributed by atoms with van der Waals surface area (Å²) in [5, 5.41) is 6.55. The molecule has 0 saturated carbocycles. The average molecular weight is 340 g/mol. The van der Waals surface area contributed by atoms with Gasteiger partial charge in [-0.25, -0.2) is 13.1 Å². The Bertz CT molecular complexity index is 467. The molecule has 0 radical (unpaired) electrons.